The van der Waals surface area contributed by atoms with E-state index in [4.69, 9.17) is 5.11 Å². The van der Waals surface area contributed by atoms with E-state index in [1.807, 2.05) is 37.3 Å². The number of aliphatic carboxylic acids is 1. The predicted molar refractivity (Wildman–Crippen MR) is 51.6 cm³/mol. The summed E-state index contributed by atoms with van der Waals surface area (Å²) in [6.45, 7) is 1.97. The monoisotopic (exact) mass is 176 g/mol. The minimum atomic E-state index is -0.900. The number of carboxylic acids is 1. The van der Waals surface area contributed by atoms with Crippen molar-refractivity contribution in [3.8, 4) is 0 Å². The Kier molecular flexibility index (Phi) is 3.26. The van der Waals surface area contributed by atoms with Crippen molar-refractivity contribution < 1.29 is 9.90 Å². The van der Waals surface area contributed by atoms with Crippen LogP contribution in [0, 0.1) is 0 Å². The standard InChI is InChI=1S/C11H12O2/c1-9(7-8-11(12)13)10-5-3-2-4-6-10/h2-9H,1H3,(H,12,13)/b8-7+. The summed E-state index contributed by atoms with van der Waals surface area (Å²) < 4.78 is 0. The Hall–Kier alpha value is -1.57. The van der Waals surface area contributed by atoms with Gasteiger partial charge in [0.1, 0.15) is 0 Å². The molecule has 0 spiro atoms. The number of hydrogen-bond donors (Lipinski definition) is 1. The van der Waals surface area contributed by atoms with Crippen LogP contribution in [0.4, 0.5) is 0 Å². The first kappa shape index (κ1) is 9.52. The fourth-order valence-electron chi connectivity index (χ4n) is 1.09. The number of carboxylic acid groups (broad SMARTS) is 1. The normalized spacial score (nSPS) is 13.0. The molecular weight excluding hydrogens is 164 g/mol. The molecule has 0 bridgehead atoms. The average Bonchev–Trinajstić information content (AvgIpc) is 2.15. The van der Waals surface area contributed by atoms with Crippen LogP contribution in [-0.2, 0) is 4.79 Å². The summed E-state index contributed by atoms with van der Waals surface area (Å²) in [5, 5.41) is 8.42. The number of hydrogen-bond acceptors (Lipinski definition) is 1. The maximum Gasteiger partial charge on any atom is 0.327 e. The lowest BCUT2D eigenvalue weighted by Crippen LogP contribution is -1.91. The fraction of sp³-hybridized carbons (Fsp3) is 0.182. The van der Waals surface area contributed by atoms with Gasteiger partial charge in [0.25, 0.3) is 0 Å². The van der Waals surface area contributed by atoms with Crippen molar-refractivity contribution in [3.05, 3.63) is 48.0 Å². The van der Waals surface area contributed by atoms with Crippen molar-refractivity contribution in [3.63, 3.8) is 0 Å². The van der Waals surface area contributed by atoms with Crippen LogP contribution in [0.1, 0.15) is 18.4 Å². The SMILES string of the molecule is CC(/C=C/C(=O)O)c1ccccc1. The lowest BCUT2D eigenvalue weighted by molar-refractivity contribution is -0.131. The average molecular weight is 176 g/mol. The molecular formula is C11H12O2. The molecule has 0 fully saturated rings. The molecule has 1 rings (SSSR count). The van der Waals surface area contributed by atoms with Gasteiger partial charge < -0.3 is 5.11 Å². The smallest absolute Gasteiger partial charge is 0.327 e. The molecule has 0 aliphatic carbocycles. The molecule has 0 aliphatic heterocycles. The van der Waals surface area contributed by atoms with Gasteiger partial charge in [0, 0.05) is 6.08 Å². The van der Waals surface area contributed by atoms with Crippen LogP contribution >= 0.6 is 0 Å². The molecule has 2 nitrogen and oxygen atoms in total. The summed E-state index contributed by atoms with van der Waals surface area (Å²) in [5.41, 5.74) is 1.13. The van der Waals surface area contributed by atoms with Gasteiger partial charge in [0.2, 0.25) is 0 Å². The van der Waals surface area contributed by atoms with Crippen LogP contribution in [0.15, 0.2) is 42.5 Å². The van der Waals surface area contributed by atoms with Crippen LogP contribution in [0.3, 0.4) is 0 Å². The summed E-state index contributed by atoms with van der Waals surface area (Å²) >= 11 is 0. The number of rotatable bonds is 3. The van der Waals surface area contributed by atoms with Crippen LogP contribution in [0.2, 0.25) is 0 Å². The highest BCUT2D eigenvalue weighted by molar-refractivity contribution is 5.79. The van der Waals surface area contributed by atoms with E-state index in [1.54, 1.807) is 6.08 Å². The Morgan fingerprint density at radius 2 is 2.00 bits per heavy atom. The van der Waals surface area contributed by atoms with Gasteiger partial charge in [-0.3, -0.25) is 0 Å². The van der Waals surface area contributed by atoms with E-state index in [1.165, 1.54) is 6.08 Å². The second-order valence-corrected chi connectivity index (χ2v) is 2.90. The first-order chi connectivity index (χ1) is 6.20. The lowest BCUT2D eigenvalue weighted by atomic mass is 10.0. The second-order valence-electron chi connectivity index (χ2n) is 2.90. The molecule has 1 atom stereocenters. The Bertz CT molecular complexity index is 301. The number of benzene rings is 1. The highest BCUT2D eigenvalue weighted by atomic mass is 16.4. The van der Waals surface area contributed by atoms with E-state index in [0.717, 1.165) is 5.56 Å². The van der Waals surface area contributed by atoms with E-state index < -0.39 is 5.97 Å². The van der Waals surface area contributed by atoms with Crippen LogP contribution in [0.5, 0.6) is 0 Å². The van der Waals surface area contributed by atoms with Gasteiger partial charge in [-0.2, -0.15) is 0 Å². The Morgan fingerprint density at radius 1 is 1.38 bits per heavy atom. The summed E-state index contributed by atoms with van der Waals surface area (Å²) in [6.07, 6.45) is 2.86. The van der Waals surface area contributed by atoms with E-state index >= 15 is 0 Å². The van der Waals surface area contributed by atoms with Gasteiger partial charge in [-0.15, -0.1) is 0 Å². The highest BCUT2D eigenvalue weighted by Gasteiger charge is 1.99. The predicted octanol–water partition coefficient (Wildman–Crippen LogP) is 2.43. The van der Waals surface area contributed by atoms with Crippen molar-refractivity contribution in [1.29, 1.82) is 0 Å². The van der Waals surface area contributed by atoms with Gasteiger partial charge in [-0.05, 0) is 11.5 Å². The summed E-state index contributed by atoms with van der Waals surface area (Å²) in [5.74, 6) is -0.750. The molecule has 0 heterocycles. The molecule has 13 heavy (non-hydrogen) atoms. The zero-order valence-electron chi connectivity index (χ0n) is 7.47. The Labute approximate surface area is 77.5 Å². The fourth-order valence-corrected chi connectivity index (χ4v) is 1.09. The molecule has 2 heteroatoms. The third kappa shape index (κ3) is 3.11. The zero-order valence-corrected chi connectivity index (χ0v) is 7.47. The highest BCUT2D eigenvalue weighted by Crippen LogP contribution is 2.15. The van der Waals surface area contributed by atoms with Crippen molar-refractivity contribution >= 4 is 5.97 Å². The molecule has 0 radical (unpaired) electrons. The van der Waals surface area contributed by atoms with Crippen LogP contribution in [-0.4, -0.2) is 11.1 Å². The summed E-state index contributed by atoms with van der Waals surface area (Å²) in [6, 6.07) is 9.80. The van der Waals surface area contributed by atoms with Gasteiger partial charge in [0.05, 0.1) is 0 Å². The minimum absolute atomic E-state index is 0.150. The third-order valence-corrected chi connectivity index (χ3v) is 1.85. The molecule has 0 saturated heterocycles. The van der Waals surface area contributed by atoms with E-state index in [-0.39, 0.29) is 5.92 Å². The van der Waals surface area contributed by atoms with Crippen molar-refractivity contribution in [1.82, 2.24) is 0 Å². The molecule has 1 N–H and O–H groups in total. The first-order valence-corrected chi connectivity index (χ1v) is 4.16. The van der Waals surface area contributed by atoms with Crippen molar-refractivity contribution in [2.24, 2.45) is 0 Å². The Balaban J connectivity index is 2.69. The maximum atomic E-state index is 10.2. The zero-order chi connectivity index (χ0) is 9.68. The molecule has 0 saturated carbocycles. The number of allylic oxidation sites excluding steroid dienone is 1. The second kappa shape index (κ2) is 4.45. The van der Waals surface area contributed by atoms with E-state index in [2.05, 4.69) is 0 Å². The van der Waals surface area contributed by atoms with Gasteiger partial charge >= 0.3 is 5.97 Å². The van der Waals surface area contributed by atoms with Crippen LogP contribution in [0.25, 0.3) is 0 Å². The Morgan fingerprint density at radius 3 is 2.54 bits per heavy atom. The quantitative estimate of drug-likeness (QED) is 0.718. The minimum Gasteiger partial charge on any atom is -0.478 e. The number of carbonyl (C=O) groups is 1. The van der Waals surface area contributed by atoms with Crippen LogP contribution < -0.4 is 0 Å². The topological polar surface area (TPSA) is 37.3 Å². The largest absolute Gasteiger partial charge is 0.478 e. The summed E-state index contributed by atoms with van der Waals surface area (Å²) in [4.78, 5) is 10.2. The van der Waals surface area contributed by atoms with Crippen molar-refractivity contribution in [2.45, 2.75) is 12.8 Å². The molecule has 0 aromatic heterocycles. The molecule has 1 aromatic carbocycles. The first-order valence-electron chi connectivity index (χ1n) is 4.16. The molecule has 0 amide bonds. The van der Waals surface area contributed by atoms with Gasteiger partial charge in [-0.25, -0.2) is 4.79 Å². The van der Waals surface area contributed by atoms with E-state index in [9.17, 15) is 4.79 Å². The maximum absolute atomic E-state index is 10.2. The van der Waals surface area contributed by atoms with Crippen molar-refractivity contribution in [2.75, 3.05) is 0 Å². The van der Waals surface area contributed by atoms with Gasteiger partial charge in [-0.1, -0.05) is 43.3 Å². The molecule has 1 unspecified atom stereocenters. The summed E-state index contributed by atoms with van der Waals surface area (Å²) in [7, 11) is 0. The molecule has 1 aromatic rings. The molecule has 0 aliphatic rings. The third-order valence-electron chi connectivity index (χ3n) is 1.85. The van der Waals surface area contributed by atoms with Gasteiger partial charge in [0.15, 0.2) is 0 Å². The van der Waals surface area contributed by atoms with E-state index in [0.29, 0.717) is 0 Å². The lowest BCUT2D eigenvalue weighted by Gasteiger charge is -2.04. The molecule has 68 valence electrons.